The second-order valence-electron chi connectivity index (χ2n) is 6.70. The minimum atomic E-state index is -1.10. The fourth-order valence-corrected chi connectivity index (χ4v) is 3.50. The maximum atomic E-state index is 13.0. The first-order valence-electron chi connectivity index (χ1n) is 9.35. The third kappa shape index (κ3) is 3.78. The van der Waals surface area contributed by atoms with Gasteiger partial charge in [-0.05, 0) is 25.0 Å². The number of nitrogens with zero attached hydrogens (tertiary/aromatic N) is 3. The van der Waals surface area contributed by atoms with E-state index >= 15 is 0 Å². The molecule has 0 unspecified atom stereocenters. The molecule has 2 heterocycles. The first kappa shape index (κ1) is 21.1. The summed E-state index contributed by atoms with van der Waals surface area (Å²) in [5.74, 6) is -2.16. The minimum Gasteiger partial charge on any atom is -0.496 e. The molecule has 0 aromatic heterocycles. The van der Waals surface area contributed by atoms with Gasteiger partial charge in [0.25, 0.3) is 5.78 Å². The van der Waals surface area contributed by atoms with Gasteiger partial charge in [0.05, 0.1) is 20.8 Å². The number of urea groups is 1. The van der Waals surface area contributed by atoms with Crippen molar-refractivity contribution in [3.8, 4) is 11.5 Å². The maximum absolute atomic E-state index is 13.0. The standard InChI is InChI=1S/C19H22N4O7/c1-29-13-6-3-7-14(30-2)16(13)17(26)18(27)20-21-10-8-15(25)22-9-4-5-12(11-24)23(22)19(21)28/h3,6-7,11-12H,4-5,8-10H2,1-2H3,(H,20,27)/t12-/m0/s1. The Morgan fingerprint density at radius 1 is 1.13 bits per heavy atom. The van der Waals surface area contributed by atoms with E-state index in [0.29, 0.717) is 25.7 Å². The quantitative estimate of drug-likeness (QED) is 0.396. The number of ether oxygens (including phenoxy) is 2. The Balaban J connectivity index is 1.84. The highest BCUT2D eigenvalue weighted by Gasteiger charge is 2.41. The summed E-state index contributed by atoms with van der Waals surface area (Å²) in [5.41, 5.74) is 2.16. The number of aldehydes is 1. The number of rotatable bonds is 6. The first-order valence-corrected chi connectivity index (χ1v) is 9.35. The highest BCUT2D eigenvalue weighted by molar-refractivity contribution is 6.44. The summed E-state index contributed by atoms with van der Waals surface area (Å²) in [7, 11) is 2.69. The molecule has 11 nitrogen and oxygen atoms in total. The number of hydrogen-bond donors (Lipinski definition) is 1. The van der Waals surface area contributed by atoms with Crippen molar-refractivity contribution in [1.29, 1.82) is 0 Å². The lowest BCUT2D eigenvalue weighted by Crippen LogP contribution is -2.61. The zero-order valence-electron chi connectivity index (χ0n) is 16.6. The Kier molecular flexibility index (Phi) is 6.19. The van der Waals surface area contributed by atoms with Crippen LogP contribution in [0.3, 0.4) is 0 Å². The van der Waals surface area contributed by atoms with E-state index in [1.165, 1.54) is 31.4 Å². The average molecular weight is 418 g/mol. The summed E-state index contributed by atoms with van der Waals surface area (Å²) in [6.07, 6.45) is 1.50. The molecular weight excluding hydrogens is 396 g/mol. The molecule has 2 fully saturated rings. The lowest BCUT2D eigenvalue weighted by atomic mass is 10.1. The van der Waals surface area contributed by atoms with Crippen molar-refractivity contribution in [3.63, 3.8) is 0 Å². The number of benzene rings is 1. The molecule has 0 radical (unpaired) electrons. The number of carbonyl (C=O) groups excluding carboxylic acids is 5. The smallest absolute Gasteiger partial charge is 0.358 e. The summed E-state index contributed by atoms with van der Waals surface area (Å²) in [4.78, 5) is 62.2. The molecule has 1 atom stereocenters. The summed E-state index contributed by atoms with van der Waals surface area (Å²) in [6.45, 7) is 0.159. The predicted octanol–water partition coefficient (Wildman–Crippen LogP) is 0.150. The van der Waals surface area contributed by atoms with Crippen molar-refractivity contribution < 1.29 is 33.4 Å². The summed E-state index contributed by atoms with van der Waals surface area (Å²) in [5, 5.41) is 3.14. The van der Waals surface area contributed by atoms with Gasteiger partial charge in [-0.15, -0.1) is 0 Å². The molecule has 0 spiro atoms. The van der Waals surface area contributed by atoms with Crippen LogP contribution in [-0.2, 0) is 14.4 Å². The second-order valence-corrected chi connectivity index (χ2v) is 6.70. The highest BCUT2D eigenvalue weighted by Crippen LogP contribution is 2.29. The van der Waals surface area contributed by atoms with Gasteiger partial charge in [-0.25, -0.2) is 19.8 Å². The van der Waals surface area contributed by atoms with Crippen LogP contribution in [0.25, 0.3) is 0 Å². The van der Waals surface area contributed by atoms with Gasteiger partial charge in [0.15, 0.2) is 0 Å². The first-order chi connectivity index (χ1) is 14.4. The Bertz CT molecular complexity index is 865. The SMILES string of the molecule is COc1cccc(OC)c1C(=O)C(=O)NN1CCC(=O)N2CCC[C@@H](C=O)N2C1=O. The van der Waals surface area contributed by atoms with Gasteiger partial charge in [-0.1, -0.05) is 6.07 Å². The van der Waals surface area contributed by atoms with Crippen LogP contribution < -0.4 is 14.9 Å². The normalized spacial score (nSPS) is 19.0. The summed E-state index contributed by atoms with van der Waals surface area (Å²) < 4.78 is 10.3. The molecular formula is C19H22N4O7. The monoisotopic (exact) mass is 418 g/mol. The Hall–Kier alpha value is -3.63. The van der Waals surface area contributed by atoms with Crippen LogP contribution in [0.1, 0.15) is 29.6 Å². The number of nitrogens with one attached hydrogen (secondary N) is 1. The second kappa shape index (κ2) is 8.80. The summed E-state index contributed by atoms with van der Waals surface area (Å²) in [6, 6.07) is 3.02. The zero-order valence-corrected chi connectivity index (χ0v) is 16.6. The van der Waals surface area contributed by atoms with E-state index in [2.05, 4.69) is 5.43 Å². The summed E-state index contributed by atoms with van der Waals surface area (Å²) >= 11 is 0. The predicted molar refractivity (Wildman–Crippen MR) is 101 cm³/mol. The Morgan fingerprint density at radius 2 is 1.80 bits per heavy atom. The third-order valence-corrected chi connectivity index (χ3v) is 4.96. The molecule has 2 aliphatic heterocycles. The van der Waals surface area contributed by atoms with E-state index in [1.54, 1.807) is 6.07 Å². The number of Topliss-reactive ketones (excluding diaryl/α,β-unsaturated/α-hetero) is 1. The van der Waals surface area contributed by atoms with Crippen LogP contribution >= 0.6 is 0 Å². The van der Waals surface area contributed by atoms with Crippen LogP contribution in [0.15, 0.2) is 18.2 Å². The van der Waals surface area contributed by atoms with Crippen LogP contribution in [0.2, 0.25) is 0 Å². The van der Waals surface area contributed by atoms with Gasteiger partial charge in [0.2, 0.25) is 5.91 Å². The third-order valence-electron chi connectivity index (χ3n) is 4.96. The van der Waals surface area contributed by atoms with Crippen molar-refractivity contribution in [3.05, 3.63) is 23.8 Å². The van der Waals surface area contributed by atoms with Gasteiger partial charge in [0, 0.05) is 13.0 Å². The van der Waals surface area contributed by atoms with Crippen molar-refractivity contribution >= 4 is 29.9 Å². The van der Waals surface area contributed by atoms with Crippen molar-refractivity contribution in [2.75, 3.05) is 27.3 Å². The number of ketones is 1. The number of methoxy groups -OCH3 is 2. The number of carbonyl (C=O) groups is 5. The van der Waals surface area contributed by atoms with Gasteiger partial charge in [0.1, 0.15) is 29.4 Å². The molecule has 3 rings (SSSR count). The van der Waals surface area contributed by atoms with E-state index in [0.717, 1.165) is 10.0 Å². The number of hydrogen-bond acceptors (Lipinski definition) is 7. The number of amides is 4. The van der Waals surface area contributed by atoms with Gasteiger partial charge in [-0.2, -0.15) is 0 Å². The molecule has 1 aromatic rings. The molecule has 0 bridgehead atoms. The molecule has 0 aliphatic carbocycles. The molecule has 30 heavy (non-hydrogen) atoms. The van der Waals surface area contributed by atoms with Gasteiger partial charge < -0.3 is 14.3 Å². The molecule has 1 N–H and O–H groups in total. The zero-order chi connectivity index (χ0) is 21.8. The lowest BCUT2D eigenvalue weighted by molar-refractivity contribution is -0.151. The average Bonchev–Trinajstić information content (AvgIpc) is 2.89. The van der Waals surface area contributed by atoms with Crippen LogP contribution in [-0.4, -0.2) is 78.3 Å². The minimum absolute atomic E-state index is 0.0692. The van der Waals surface area contributed by atoms with E-state index in [9.17, 15) is 24.0 Å². The molecule has 2 aliphatic rings. The number of fused-ring (bicyclic) bond motifs is 1. The maximum Gasteiger partial charge on any atom is 0.358 e. The highest BCUT2D eigenvalue weighted by atomic mass is 16.5. The molecule has 11 heteroatoms. The van der Waals surface area contributed by atoms with E-state index in [1.807, 2.05) is 0 Å². The fourth-order valence-electron chi connectivity index (χ4n) is 3.50. The van der Waals surface area contributed by atoms with Crippen LogP contribution in [0.4, 0.5) is 4.79 Å². The number of hydrazine groups is 2. The van der Waals surface area contributed by atoms with Crippen LogP contribution in [0, 0.1) is 0 Å². The van der Waals surface area contributed by atoms with Gasteiger partial charge >= 0.3 is 11.9 Å². The molecule has 160 valence electrons. The van der Waals surface area contributed by atoms with Crippen molar-refractivity contribution in [2.24, 2.45) is 0 Å². The lowest BCUT2D eigenvalue weighted by Gasteiger charge is -2.41. The fraction of sp³-hybridized carbons (Fsp3) is 0.421. The molecule has 2 saturated heterocycles. The molecule has 1 aromatic carbocycles. The Labute approximate surface area is 172 Å². The van der Waals surface area contributed by atoms with Crippen molar-refractivity contribution in [2.45, 2.75) is 25.3 Å². The Morgan fingerprint density at radius 3 is 2.40 bits per heavy atom. The molecule has 4 amide bonds. The van der Waals surface area contributed by atoms with Crippen molar-refractivity contribution in [1.82, 2.24) is 20.5 Å². The van der Waals surface area contributed by atoms with Gasteiger partial charge in [-0.3, -0.25) is 19.8 Å². The molecule has 0 saturated carbocycles. The van der Waals surface area contributed by atoms with E-state index in [-0.39, 0.29) is 35.9 Å². The van der Waals surface area contributed by atoms with E-state index in [4.69, 9.17) is 9.47 Å². The largest absolute Gasteiger partial charge is 0.496 e. The van der Waals surface area contributed by atoms with Crippen LogP contribution in [0.5, 0.6) is 11.5 Å². The van der Waals surface area contributed by atoms with E-state index < -0.39 is 23.8 Å². The topological polar surface area (TPSA) is 126 Å².